The number of hydrogen-bond acceptors (Lipinski definition) is 5. The molecular formula is C9H8N2O4. The van der Waals surface area contributed by atoms with E-state index < -0.39 is 5.97 Å². The number of aryl methyl sites for hydroxylation is 2. The van der Waals surface area contributed by atoms with Crippen LogP contribution in [0.2, 0.25) is 0 Å². The first-order valence-corrected chi connectivity index (χ1v) is 4.21. The molecule has 2 aromatic rings. The summed E-state index contributed by atoms with van der Waals surface area (Å²) < 4.78 is 10.2. The predicted molar refractivity (Wildman–Crippen MR) is 48.4 cm³/mol. The van der Waals surface area contributed by atoms with Crippen LogP contribution in [0.5, 0.6) is 0 Å². The van der Waals surface area contributed by atoms with E-state index >= 15 is 0 Å². The van der Waals surface area contributed by atoms with E-state index in [9.17, 15) is 4.79 Å². The van der Waals surface area contributed by atoms with Crippen LogP contribution < -0.4 is 0 Å². The van der Waals surface area contributed by atoms with Crippen LogP contribution in [0.15, 0.2) is 15.0 Å². The number of nitrogens with zero attached hydrogens (tertiary/aromatic N) is 2. The normalized spacial score (nSPS) is 10.5. The molecule has 0 spiro atoms. The molecule has 0 aliphatic carbocycles. The average molecular weight is 208 g/mol. The molecule has 0 aromatic carbocycles. The maximum Gasteiger partial charge on any atom is 0.373 e. The van der Waals surface area contributed by atoms with Crippen LogP contribution in [-0.2, 0) is 0 Å². The zero-order valence-electron chi connectivity index (χ0n) is 8.14. The third kappa shape index (κ3) is 1.61. The van der Waals surface area contributed by atoms with E-state index in [-0.39, 0.29) is 11.7 Å². The molecule has 0 saturated heterocycles. The van der Waals surface area contributed by atoms with Gasteiger partial charge in [-0.05, 0) is 6.92 Å². The lowest BCUT2D eigenvalue weighted by Gasteiger charge is -1.88. The van der Waals surface area contributed by atoms with E-state index in [4.69, 9.17) is 13.9 Å². The van der Waals surface area contributed by atoms with Crippen LogP contribution >= 0.6 is 0 Å². The summed E-state index contributed by atoms with van der Waals surface area (Å²) in [6.45, 7) is 3.42. The predicted octanol–water partition coefficient (Wildman–Crippen LogP) is 1.64. The smallest absolute Gasteiger partial charge is 0.373 e. The van der Waals surface area contributed by atoms with Crippen molar-refractivity contribution in [3.05, 3.63) is 23.5 Å². The van der Waals surface area contributed by atoms with Crippen LogP contribution in [0.25, 0.3) is 11.7 Å². The number of carbonyl (C=O) groups is 1. The second-order valence-electron chi connectivity index (χ2n) is 2.98. The molecule has 0 amide bonds. The molecule has 0 fully saturated rings. The fourth-order valence-corrected chi connectivity index (χ4v) is 1.21. The molecule has 0 radical (unpaired) electrons. The van der Waals surface area contributed by atoms with Gasteiger partial charge in [-0.1, -0.05) is 0 Å². The van der Waals surface area contributed by atoms with E-state index in [0.29, 0.717) is 17.3 Å². The molecule has 15 heavy (non-hydrogen) atoms. The minimum absolute atomic E-state index is 0.130. The number of rotatable bonds is 2. The number of carboxylic acid groups (broad SMARTS) is 1. The number of aromatic nitrogens is 2. The van der Waals surface area contributed by atoms with Crippen molar-refractivity contribution < 1.29 is 18.7 Å². The number of carboxylic acids is 1. The largest absolute Gasteiger partial charge is 0.475 e. The molecule has 78 valence electrons. The van der Waals surface area contributed by atoms with E-state index in [1.54, 1.807) is 13.8 Å². The maximum atomic E-state index is 10.6. The summed E-state index contributed by atoms with van der Waals surface area (Å²) in [5.74, 6) is -0.413. The van der Waals surface area contributed by atoms with Crippen LogP contribution in [0.4, 0.5) is 0 Å². The van der Waals surface area contributed by atoms with Gasteiger partial charge in [-0.25, -0.2) is 14.8 Å². The van der Waals surface area contributed by atoms with Gasteiger partial charge < -0.3 is 13.9 Å². The summed E-state index contributed by atoms with van der Waals surface area (Å²) in [5, 5.41) is 8.64. The summed E-state index contributed by atoms with van der Waals surface area (Å²) in [6.07, 6.45) is 1.13. The van der Waals surface area contributed by atoms with E-state index in [2.05, 4.69) is 9.97 Å². The number of hydrogen-bond donors (Lipinski definition) is 1. The molecule has 6 heteroatoms. The third-order valence-electron chi connectivity index (χ3n) is 1.81. The Morgan fingerprint density at radius 2 is 2.13 bits per heavy atom. The molecule has 0 aliphatic heterocycles. The Balaban J connectivity index is 2.45. The molecule has 6 nitrogen and oxygen atoms in total. The SMILES string of the molecule is Cc1nc(C)c(-c2ncc(C(=O)O)o2)o1. The highest BCUT2D eigenvalue weighted by atomic mass is 16.4. The minimum atomic E-state index is -1.16. The molecule has 1 N–H and O–H groups in total. The Hall–Kier alpha value is -2.11. The van der Waals surface area contributed by atoms with Gasteiger partial charge in [-0.3, -0.25) is 0 Å². The summed E-state index contributed by atoms with van der Waals surface area (Å²) >= 11 is 0. The summed E-state index contributed by atoms with van der Waals surface area (Å²) in [5.41, 5.74) is 0.617. The topological polar surface area (TPSA) is 89.4 Å². The van der Waals surface area contributed by atoms with E-state index in [1.165, 1.54) is 0 Å². The molecule has 2 heterocycles. The van der Waals surface area contributed by atoms with Crippen molar-refractivity contribution in [3.8, 4) is 11.7 Å². The maximum absolute atomic E-state index is 10.6. The van der Waals surface area contributed by atoms with Gasteiger partial charge in [0.25, 0.3) is 5.89 Å². The summed E-state index contributed by atoms with van der Waals surface area (Å²) in [7, 11) is 0. The van der Waals surface area contributed by atoms with Gasteiger partial charge in [-0.2, -0.15) is 0 Å². The van der Waals surface area contributed by atoms with Crippen molar-refractivity contribution in [3.63, 3.8) is 0 Å². The van der Waals surface area contributed by atoms with Gasteiger partial charge in [0.15, 0.2) is 5.89 Å². The number of oxazole rings is 2. The Labute approximate surface area is 84.6 Å². The monoisotopic (exact) mass is 208 g/mol. The molecule has 0 unspecified atom stereocenters. The molecular weight excluding hydrogens is 200 g/mol. The zero-order valence-corrected chi connectivity index (χ0v) is 8.14. The fourth-order valence-electron chi connectivity index (χ4n) is 1.21. The van der Waals surface area contributed by atoms with Gasteiger partial charge >= 0.3 is 5.97 Å². The second-order valence-corrected chi connectivity index (χ2v) is 2.98. The van der Waals surface area contributed by atoms with E-state index in [1.807, 2.05) is 0 Å². The van der Waals surface area contributed by atoms with Crippen LogP contribution in [0, 0.1) is 13.8 Å². The van der Waals surface area contributed by atoms with Crippen LogP contribution in [0.1, 0.15) is 22.1 Å². The van der Waals surface area contributed by atoms with E-state index in [0.717, 1.165) is 6.20 Å². The summed E-state index contributed by atoms with van der Waals surface area (Å²) in [6, 6.07) is 0. The first kappa shape index (κ1) is 9.45. The lowest BCUT2D eigenvalue weighted by molar-refractivity contribution is 0.0663. The molecule has 0 saturated carbocycles. The molecule has 2 aromatic heterocycles. The van der Waals surface area contributed by atoms with Crippen molar-refractivity contribution in [1.29, 1.82) is 0 Å². The van der Waals surface area contributed by atoms with Crippen molar-refractivity contribution in [2.45, 2.75) is 13.8 Å². The third-order valence-corrected chi connectivity index (χ3v) is 1.81. The lowest BCUT2D eigenvalue weighted by atomic mass is 10.4. The van der Waals surface area contributed by atoms with Gasteiger partial charge in [0.2, 0.25) is 11.5 Å². The quantitative estimate of drug-likeness (QED) is 0.806. The zero-order chi connectivity index (χ0) is 11.0. The molecule has 0 aliphatic rings. The Morgan fingerprint density at radius 3 is 2.60 bits per heavy atom. The standard InChI is InChI=1S/C9H8N2O4/c1-4-7(14-5(2)11-4)8-10-3-6(15-8)9(12)13/h3H,1-2H3,(H,12,13). The molecule has 2 rings (SSSR count). The molecule has 0 bridgehead atoms. The van der Waals surface area contributed by atoms with Crippen molar-refractivity contribution in [2.75, 3.05) is 0 Å². The van der Waals surface area contributed by atoms with Crippen molar-refractivity contribution in [1.82, 2.24) is 9.97 Å². The van der Waals surface area contributed by atoms with Crippen molar-refractivity contribution >= 4 is 5.97 Å². The molecule has 0 atom stereocenters. The van der Waals surface area contributed by atoms with Gasteiger partial charge in [0.05, 0.1) is 11.9 Å². The Bertz CT molecular complexity index is 512. The minimum Gasteiger partial charge on any atom is -0.475 e. The van der Waals surface area contributed by atoms with Gasteiger partial charge in [0, 0.05) is 6.92 Å². The van der Waals surface area contributed by atoms with Crippen LogP contribution in [0.3, 0.4) is 0 Å². The first-order chi connectivity index (χ1) is 7.08. The number of aromatic carboxylic acids is 1. The van der Waals surface area contributed by atoms with Crippen LogP contribution in [-0.4, -0.2) is 21.0 Å². The highest BCUT2D eigenvalue weighted by molar-refractivity contribution is 5.84. The second kappa shape index (κ2) is 3.23. The summed E-state index contributed by atoms with van der Waals surface area (Å²) in [4.78, 5) is 18.4. The highest BCUT2D eigenvalue weighted by Crippen LogP contribution is 2.23. The average Bonchev–Trinajstić information content (AvgIpc) is 2.71. The Kier molecular flexibility index (Phi) is 2.03. The van der Waals surface area contributed by atoms with Gasteiger partial charge in [0.1, 0.15) is 0 Å². The fraction of sp³-hybridized carbons (Fsp3) is 0.222. The van der Waals surface area contributed by atoms with Gasteiger partial charge in [-0.15, -0.1) is 0 Å². The lowest BCUT2D eigenvalue weighted by Crippen LogP contribution is -1.91. The first-order valence-electron chi connectivity index (χ1n) is 4.21. The Morgan fingerprint density at radius 1 is 1.40 bits per heavy atom. The van der Waals surface area contributed by atoms with Crippen molar-refractivity contribution in [2.24, 2.45) is 0 Å². The highest BCUT2D eigenvalue weighted by Gasteiger charge is 2.17.